The molecule has 2 saturated heterocycles. The number of nitrogens with one attached hydrogen (secondary N) is 2. The number of oxime groups is 1. The molecule has 6 heterocycles. The molecule has 3 aliphatic heterocycles. The number of anilines is 2. The molecule has 2 fully saturated rings. The second-order valence-corrected chi connectivity index (χ2v) is 12.8. The first-order valence-corrected chi connectivity index (χ1v) is 15.9. The minimum absolute atomic E-state index is 0.109. The molecule has 5 N–H and O–H groups in total. The molecule has 1 unspecified atom stereocenters. The Bertz CT molecular complexity index is 1700. The molecular weight excluding hydrogens is 619 g/mol. The Morgan fingerprint density at radius 2 is 2.07 bits per heavy atom. The van der Waals surface area contributed by atoms with Crippen molar-refractivity contribution in [2.45, 2.75) is 30.8 Å². The molecule has 0 radical (unpaired) electrons. The number of likely N-dealkylation sites (tertiary alicyclic amines) is 1. The monoisotopic (exact) mass is 644 g/mol. The number of β-lactam (4-membered cyclic amide) rings is 1. The zero-order valence-corrected chi connectivity index (χ0v) is 25.1. The van der Waals surface area contributed by atoms with Gasteiger partial charge < -0.3 is 25.9 Å². The summed E-state index contributed by atoms with van der Waals surface area (Å²) in [6.45, 7) is 1.67. The van der Waals surface area contributed by atoms with Crippen LogP contribution in [-0.2, 0) is 25.8 Å². The fourth-order valence-electron chi connectivity index (χ4n) is 5.09. The largest absolute Gasteiger partial charge is 0.477 e. The Kier molecular flexibility index (Phi) is 7.89. The van der Waals surface area contributed by atoms with E-state index in [2.05, 4.69) is 25.8 Å². The summed E-state index contributed by atoms with van der Waals surface area (Å²) in [5, 5.41) is 21.0. The summed E-state index contributed by atoms with van der Waals surface area (Å²) in [7, 11) is 1.28. The van der Waals surface area contributed by atoms with Gasteiger partial charge >= 0.3 is 12.0 Å². The first-order valence-electron chi connectivity index (χ1n) is 13.1. The van der Waals surface area contributed by atoms with Crippen LogP contribution >= 0.6 is 34.4 Å². The minimum atomic E-state index is -1.24. The number of carboxylic acids is 1. The second kappa shape index (κ2) is 11.8. The Labute approximate surface area is 256 Å². The number of carbonyl (C=O) groups is 4. The number of nitrogen functional groups attached to an aromatic ring is 1. The van der Waals surface area contributed by atoms with Gasteiger partial charge in [-0.15, -0.1) is 23.1 Å². The molecular formula is C25H26N9O6S3+. The number of nitrogens with zero attached hydrogens (tertiary/aromatic N) is 6. The maximum atomic E-state index is 13.2. The number of thiazole rings is 2. The van der Waals surface area contributed by atoms with Crippen LogP contribution in [0.3, 0.4) is 0 Å². The maximum absolute atomic E-state index is 13.2. The fourth-order valence-corrected chi connectivity index (χ4v) is 7.79. The van der Waals surface area contributed by atoms with Gasteiger partial charge in [-0.2, -0.15) is 4.57 Å². The highest BCUT2D eigenvalue weighted by Gasteiger charge is 2.54. The highest BCUT2D eigenvalue weighted by molar-refractivity contribution is 8.00. The molecule has 3 aromatic rings. The number of thioether (sulfide) groups is 1. The Balaban J connectivity index is 1.17. The van der Waals surface area contributed by atoms with Crippen molar-refractivity contribution >= 4 is 84.4 Å². The molecule has 18 heteroatoms. The number of hydrogen-bond acceptors (Lipinski definition) is 12. The van der Waals surface area contributed by atoms with E-state index in [0.717, 1.165) is 42.0 Å². The summed E-state index contributed by atoms with van der Waals surface area (Å²) in [6.07, 6.45) is 5.57. The zero-order valence-electron chi connectivity index (χ0n) is 22.7. The van der Waals surface area contributed by atoms with Gasteiger partial charge in [0.25, 0.3) is 11.8 Å². The van der Waals surface area contributed by atoms with Crippen molar-refractivity contribution in [3.63, 3.8) is 0 Å². The molecule has 3 aliphatic rings. The van der Waals surface area contributed by atoms with Crippen LogP contribution in [0.15, 0.2) is 40.3 Å². The summed E-state index contributed by atoms with van der Waals surface area (Å²) in [6, 6.07) is 0.728. The molecule has 224 valence electrons. The lowest BCUT2D eigenvalue weighted by Crippen LogP contribution is -2.71. The number of aliphatic carboxylic acids is 1. The fraction of sp³-hybridized carbons (Fsp3) is 0.360. The van der Waals surface area contributed by atoms with Crippen molar-refractivity contribution in [1.82, 2.24) is 25.1 Å². The summed E-state index contributed by atoms with van der Waals surface area (Å²) in [4.78, 5) is 67.3. The maximum Gasteiger partial charge on any atom is 0.352 e. The standard InChI is InChI=1S/C25H25N9O6S3/c1-40-31-16(14-11-42-23(26)27-14)19(35)29-17-20(36)34-18(22(37)38)12(10-41-21(17)34)8-32-7-4-15-13(9-32)28-24(43-15)30-25(39)33-5-2-3-6-33/h4,7,9,11,17,21H,2-3,5-6,8,10H2,1H3,(H4-,26,27,28,29,30,35,37,38,39)/p+1/b31-16+/t17?,21-/m1/s1. The lowest BCUT2D eigenvalue weighted by molar-refractivity contribution is -0.687. The third-order valence-electron chi connectivity index (χ3n) is 7.07. The number of nitrogens with two attached hydrogens (primary N) is 1. The van der Waals surface area contributed by atoms with Crippen LogP contribution in [-0.4, -0.2) is 91.8 Å². The third kappa shape index (κ3) is 5.59. The first-order chi connectivity index (χ1) is 20.7. The molecule has 15 nitrogen and oxygen atoms in total. The van der Waals surface area contributed by atoms with Gasteiger partial charge in [0.2, 0.25) is 0 Å². The van der Waals surface area contributed by atoms with E-state index >= 15 is 0 Å². The van der Waals surface area contributed by atoms with Gasteiger partial charge in [-0.05, 0) is 12.8 Å². The van der Waals surface area contributed by atoms with E-state index in [9.17, 15) is 24.3 Å². The number of carboxylic acid groups (broad SMARTS) is 1. The van der Waals surface area contributed by atoms with E-state index in [0.29, 0.717) is 22.0 Å². The topological polar surface area (TPSA) is 196 Å². The van der Waals surface area contributed by atoms with Crippen molar-refractivity contribution in [2.24, 2.45) is 5.16 Å². The molecule has 6 rings (SSSR count). The van der Waals surface area contributed by atoms with Gasteiger partial charge in [0.15, 0.2) is 34.9 Å². The predicted octanol–water partition coefficient (Wildman–Crippen LogP) is 1.04. The smallest absolute Gasteiger partial charge is 0.352 e. The number of rotatable bonds is 8. The molecule has 0 aliphatic carbocycles. The molecule has 43 heavy (non-hydrogen) atoms. The predicted molar refractivity (Wildman–Crippen MR) is 159 cm³/mol. The van der Waals surface area contributed by atoms with Gasteiger partial charge in [-0.3, -0.25) is 19.8 Å². The Morgan fingerprint density at radius 3 is 2.77 bits per heavy atom. The number of aromatic nitrogens is 3. The van der Waals surface area contributed by atoms with E-state index in [1.165, 1.54) is 35.1 Å². The average Bonchev–Trinajstić information content (AvgIpc) is 3.75. The van der Waals surface area contributed by atoms with Crippen molar-refractivity contribution in [2.75, 3.05) is 37.0 Å². The Hall–Kier alpha value is -4.29. The SMILES string of the molecule is CO/N=C(/C(=O)NC1C(=O)N2C(C(=O)O)=C(C[n+]3ccc4sc(NC(=O)N5CCCC5)nc4c3)CS[C@H]12)c1csc(N)n1. The molecule has 0 spiro atoms. The highest BCUT2D eigenvalue weighted by Crippen LogP contribution is 2.40. The van der Waals surface area contributed by atoms with Gasteiger partial charge in [0.1, 0.15) is 35.4 Å². The second-order valence-electron chi connectivity index (χ2n) is 9.82. The molecule has 4 amide bonds. The van der Waals surface area contributed by atoms with Crippen LogP contribution in [0.4, 0.5) is 15.1 Å². The number of urea groups is 1. The van der Waals surface area contributed by atoms with Gasteiger partial charge in [-0.1, -0.05) is 16.5 Å². The van der Waals surface area contributed by atoms with Crippen LogP contribution in [0.2, 0.25) is 0 Å². The van der Waals surface area contributed by atoms with Gasteiger partial charge in [0, 0.05) is 35.9 Å². The van der Waals surface area contributed by atoms with Gasteiger partial charge in [0.05, 0.1) is 4.70 Å². The molecule has 0 aromatic carbocycles. The van der Waals surface area contributed by atoms with Gasteiger partial charge in [-0.25, -0.2) is 19.6 Å². The molecule has 2 atom stereocenters. The summed E-state index contributed by atoms with van der Waals surface area (Å²) < 4.78 is 2.66. The van der Waals surface area contributed by atoms with Crippen LogP contribution < -0.4 is 20.9 Å². The summed E-state index contributed by atoms with van der Waals surface area (Å²) in [5.74, 6) is -2.15. The lowest BCUT2D eigenvalue weighted by atomic mass is 10.0. The number of hydrogen-bond donors (Lipinski definition) is 4. The van der Waals surface area contributed by atoms with Crippen molar-refractivity contribution in [3.05, 3.63) is 40.8 Å². The van der Waals surface area contributed by atoms with E-state index in [1.807, 2.05) is 6.07 Å². The summed E-state index contributed by atoms with van der Waals surface area (Å²) >= 11 is 3.83. The highest BCUT2D eigenvalue weighted by atomic mass is 32.2. The molecule has 0 bridgehead atoms. The average molecular weight is 645 g/mol. The molecule has 0 saturated carbocycles. The number of carbonyl (C=O) groups excluding carboxylic acids is 3. The van der Waals surface area contributed by atoms with Crippen LogP contribution in [0.1, 0.15) is 18.5 Å². The molecule has 3 aromatic heterocycles. The van der Waals surface area contributed by atoms with E-state index in [-0.39, 0.29) is 34.8 Å². The minimum Gasteiger partial charge on any atom is -0.477 e. The number of pyridine rings is 1. The first kappa shape index (κ1) is 28.8. The normalized spacial score (nSPS) is 20.2. The number of amides is 4. The lowest BCUT2D eigenvalue weighted by Gasteiger charge is -2.49. The zero-order chi connectivity index (χ0) is 30.2. The summed E-state index contributed by atoms with van der Waals surface area (Å²) in [5.41, 5.74) is 6.80. The van der Waals surface area contributed by atoms with Crippen molar-refractivity contribution < 1.29 is 33.7 Å². The van der Waals surface area contributed by atoms with Crippen LogP contribution in [0.25, 0.3) is 10.2 Å². The van der Waals surface area contributed by atoms with E-state index < -0.39 is 29.2 Å². The Morgan fingerprint density at radius 1 is 1.28 bits per heavy atom. The van der Waals surface area contributed by atoms with Crippen molar-refractivity contribution in [3.8, 4) is 0 Å². The van der Waals surface area contributed by atoms with Crippen LogP contribution in [0, 0.1) is 0 Å². The van der Waals surface area contributed by atoms with Crippen molar-refractivity contribution in [1.29, 1.82) is 0 Å². The van der Waals surface area contributed by atoms with E-state index in [4.69, 9.17) is 10.6 Å². The quantitative estimate of drug-likeness (QED) is 0.119. The van der Waals surface area contributed by atoms with Crippen LogP contribution in [0.5, 0.6) is 0 Å². The number of fused-ring (bicyclic) bond motifs is 2. The van der Waals surface area contributed by atoms with E-state index in [1.54, 1.807) is 27.2 Å². The third-order valence-corrected chi connectivity index (χ3v) is 10.0.